The third-order valence-electron chi connectivity index (χ3n) is 3.65. The lowest BCUT2D eigenvalue weighted by Gasteiger charge is -2.20. The molecule has 1 aliphatic heterocycles. The number of benzene rings is 1. The maximum atomic E-state index is 12.4. The molecule has 2 rings (SSSR count). The first-order valence-corrected chi connectivity index (χ1v) is 9.54. The number of nitrogens with one attached hydrogen (secondary N) is 1. The Morgan fingerprint density at radius 2 is 2.05 bits per heavy atom. The highest BCUT2D eigenvalue weighted by Crippen LogP contribution is 2.36. The number of halogens is 1. The third-order valence-corrected chi connectivity index (χ3v) is 6.18. The van der Waals surface area contributed by atoms with Crippen LogP contribution in [0.4, 0.5) is 5.69 Å². The van der Waals surface area contributed by atoms with E-state index in [1.165, 1.54) is 5.56 Å². The molecule has 3 unspecified atom stereocenters. The minimum atomic E-state index is -0.0379. The minimum Gasteiger partial charge on any atom is -0.325 e. The Hall–Kier alpha value is -0.490. The highest BCUT2D eigenvalue weighted by atomic mass is 127. The fraction of sp³-hybridized carbons (Fsp3) is 0.471. The number of thioether (sulfide) groups is 1. The van der Waals surface area contributed by atoms with Gasteiger partial charge in [-0.25, -0.2) is 0 Å². The van der Waals surface area contributed by atoms with Gasteiger partial charge in [0.1, 0.15) is 0 Å². The van der Waals surface area contributed by atoms with E-state index in [4.69, 9.17) is 0 Å². The molecule has 1 aromatic carbocycles. The van der Waals surface area contributed by atoms with Gasteiger partial charge < -0.3 is 5.32 Å². The normalized spacial score (nSPS) is 22.5. The van der Waals surface area contributed by atoms with Crippen molar-refractivity contribution in [2.24, 2.45) is 11.8 Å². The predicted octanol–water partition coefficient (Wildman–Crippen LogP) is 5.41. The molecule has 0 aromatic heterocycles. The lowest BCUT2D eigenvalue weighted by Crippen LogP contribution is -2.25. The number of carbonyl (C=O) groups excluding carboxylic acids is 1. The van der Waals surface area contributed by atoms with Crippen molar-refractivity contribution in [2.75, 3.05) is 5.32 Å². The second-order valence-electron chi connectivity index (χ2n) is 5.95. The standard InChI is InChI=1S/C17H22INOS/c1-11(2)10-12(3)13-6-4-5-7-15(13)19-17(20)14-8-9-21-16(14)18/h4-9,11-12,14,16H,10H2,1-3H3,(H,19,20). The van der Waals surface area contributed by atoms with Crippen molar-refractivity contribution >= 4 is 45.9 Å². The van der Waals surface area contributed by atoms with Gasteiger partial charge in [-0.1, -0.05) is 67.6 Å². The molecule has 1 heterocycles. The Kier molecular flexibility index (Phi) is 6.17. The summed E-state index contributed by atoms with van der Waals surface area (Å²) >= 11 is 4.04. The summed E-state index contributed by atoms with van der Waals surface area (Å²) in [4.78, 5) is 12.4. The molecule has 1 N–H and O–H groups in total. The summed E-state index contributed by atoms with van der Waals surface area (Å²) in [6.45, 7) is 6.70. The largest absolute Gasteiger partial charge is 0.325 e. The maximum Gasteiger partial charge on any atom is 0.233 e. The van der Waals surface area contributed by atoms with Crippen LogP contribution in [-0.2, 0) is 4.79 Å². The summed E-state index contributed by atoms with van der Waals surface area (Å²) < 4.78 is 0.294. The number of alkyl halides is 1. The van der Waals surface area contributed by atoms with E-state index in [1.54, 1.807) is 11.8 Å². The molecule has 1 aromatic rings. The Labute approximate surface area is 145 Å². The molecule has 0 radical (unpaired) electrons. The van der Waals surface area contributed by atoms with E-state index < -0.39 is 0 Å². The Morgan fingerprint density at radius 3 is 2.67 bits per heavy atom. The number of carbonyl (C=O) groups is 1. The van der Waals surface area contributed by atoms with Gasteiger partial charge in [0.2, 0.25) is 5.91 Å². The topological polar surface area (TPSA) is 29.1 Å². The maximum absolute atomic E-state index is 12.4. The molecule has 2 nitrogen and oxygen atoms in total. The van der Waals surface area contributed by atoms with E-state index in [0.717, 1.165) is 12.1 Å². The highest BCUT2D eigenvalue weighted by molar-refractivity contribution is 14.1. The number of amides is 1. The molecule has 21 heavy (non-hydrogen) atoms. The van der Waals surface area contributed by atoms with Crippen LogP contribution in [0.15, 0.2) is 35.7 Å². The molecule has 0 aliphatic carbocycles. The first-order valence-electron chi connectivity index (χ1n) is 7.35. The zero-order chi connectivity index (χ0) is 15.4. The van der Waals surface area contributed by atoms with Gasteiger partial charge in [0.15, 0.2) is 0 Å². The van der Waals surface area contributed by atoms with Crippen molar-refractivity contribution in [1.29, 1.82) is 0 Å². The quantitative estimate of drug-likeness (QED) is 0.515. The SMILES string of the molecule is CC(C)CC(C)c1ccccc1NC(=O)C1C=CSC1I. The van der Waals surface area contributed by atoms with E-state index in [2.05, 4.69) is 54.7 Å². The smallest absolute Gasteiger partial charge is 0.233 e. The molecule has 0 saturated carbocycles. The van der Waals surface area contributed by atoms with Crippen molar-refractivity contribution < 1.29 is 4.79 Å². The van der Waals surface area contributed by atoms with Crippen LogP contribution in [0.1, 0.15) is 38.7 Å². The molecule has 1 amide bonds. The molecule has 0 fully saturated rings. The summed E-state index contributed by atoms with van der Waals surface area (Å²) in [7, 11) is 0. The summed E-state index contributed by atoms with van der Waals surface area (Å²) in [5.41, 5.74) is 2.20. The number of hydrogen-bond donors (Lipinski definition) is 1. The summed E-state index contributed by atoms with van der Waals surface area (Å²) in [5.74, 6) is 1.16. The van der Waals surface area contributed by atoms with Crippen molar-refractivity contribution in [3.05, 3.63) is 41.3 Å². The number of para-hydroxylation sites is 1. The molecule has 0 bridgehead atoms. The number of rotatable bonds is 5. The summed E-state index contributed by atoms with van der Waals surface area (Å²) in [6.07, 6.45) is 3.12. The van der Waals surface area contributed by atoms with Gasteiger partial charge in [0, 0.05) is 5.69 Å². The second kappa shape index (κ2) is 7.68. The zero-order valence-corrected chi connectivity index (χ0v) is 15.6. The molecule has 114 valence electrons. The average Bonchev–Trinajstić information content (AvgIpc) is 2.84. The van der Waals surface area contributed by atoms with Crippen molar-refractivity contribution in [3.63, 3.8) is 0 Å². The van der Waals surface area contributed by atoms with Gasteiger partial charge in [-0.15, -0.1) is 11.8 Å². The molecule has 0 saturated heterocycles. The van der Waals surface area contributed by atoms with Crippen molar-refractivity contribution in [1.82, 2.24) is 0 Å². The van der Waals surface area contributed by atoms with Gasteiger partial charge in [-0.3, -0.25) is 4.79 Å². The molecular formula is C17H22INOS. The fourth-order valence-electron chi connectivity index (χ4n) is 2.67. The highest BCUT2D eigenvalue weighted by Gasteiger charge is 2.28. The molecule has 0 spiro atoms. The first-order chi connectivity index (χ1) is 9.99. The summed E-state index contributed by atoms with van der Waals surface area (Å²) in [5, 5.41) is 5.15. The summed E-state index contributed by atoms with van der Waals surface area (Å²) in [6, 6.07) is 8.18. The van der Waals surface area contributed by atoms with Crippen LogP contribution in [0.2, 0.25) is 0 Å². The first kappa shape index (κ1) is 16.9. The lowest BCUT2D eigenvalue weighted by molar-refractivity contribution is -0.118. The molecular weight excluding hydrogens is 393 g/mol. The van der Waals surface area contributed by atoms with E-state index in [1.807, 2.05) is 29.7 Å². The van der Waals surface area contributed by atoms with E-state index in [-0.39, 0.29) is 11.8 Å². The van der Waals surface area contributed by atoms with E-state index in [9.17, 15) is 4.79 Å². The van der Waals surface area contributed by atoms with Gasteiger partial charge in [0.25, 0.3) is 0 Å². The van der Waals surface area contributed by atoms with Gasteiger partial charge in [0.05, 0.1) is 9.17 Å². The fourth-order valence-corrected chi connectivity index (χ4v) is 4.54. The number of hydrogen-bond acceptors (Lipinski definition) is 2. The zero-order valence-electron chi connectivity index (χ0n) is 12.7. The Bertz CT molecular complexity index is 529. The van der Waals surface area contributed by atoms with E-state index in [0.29, 0.717) is 15.1 Å². The van der Waals surface area contributed by atoms with Gasteiger partial charge in [-0.05, 0) is 35.3 Å². The van der Waals surface area contributed by atoms with E-state index >= 15 is 0 Å². The average molecular weight is 415 g/mol. The monoisotopic (exact) mass is 415 g/mol. The predicted molar refractivity (Wildman–Crippen MR) is 101 cm³/mol. The van der Waals surface area contributed by atoms with Gasteiger partial charge in [-0.2, -0.15) is 0 Å². The third kappa shape index (κ3) is 4.49. The molecule has 3 atom stereocenters. The molecule has 4 heteroatoms. The van der Waals surface area contributed by atoms with Crippen LogP contribution >= 0.6 is 34.4 Å². The number of anilines is 1. The van der Waals surface area contributed by atoms with Crippen molar-refractivity contribution in [2.45, 2.75) is 36.4 Å². The Balaban J connectivity index is 2.13. The van der Waals surface area contributed by atoms with Crippen LogP contribution in [0.5, 0.6) is 0 Å². The van der Waals surface area contributed by atoms with Crippen molar-refractivity contribution in [3.8, 4) is 0 Å². The Morgan fingerprint density at radius 1 is 1.33 bits per heavy atom. The van der Waals surface area contributed by atoms with Crippen LogP contribution in [0.25, 0.3) is 0 Å². The van der Waals surface area contributed by atoms with Gasteiger partial charge >= 0.3 is 0 Å². The second-order valence-corrected chi connectivity index (χ2v) is 9.19. The van der Waals surface area contributed by atoms with Crippen LogP contribution in [-0.4, -0.2) is 9.16 Å². The lowest BCUT2D eigenvalue weighted by atomic mass is 9.91. The minimum absolute atomic E-state index is 0.0379. The van der Waals surface area contributed by atoms with Crippen LogP contribution < -0.4 is 5.32 Å². The molecule has 1 aliphatic rings. The van der Waals surface area contributed by atoms with Crippen LogP contribution in [0, 0.1) is 11.8 Å². The van der Waals surface area contributed by atoms with Crippen LogP contribution in [0.3, 0.4) is 0 Å².